The lowest BCUT2D eigenvalue weighted by atomic mass is 10.0. The molecule has 6 aliphatic heterocycles. The zero-order chi connectivity index (χ0) is 75.8. The molecule has 0 saturated carbocycles. The summed E-state index contributed by atoms with van der Waals surface area (Å²) >= 11 is 0. The Balaban J connectivity index is 0.000000148. The first-order valence-corrected chi connectivity index (χ1v) is 40.3. The summed E-state index contributed by atoms with van der Waals surface area (Å²) in [5.74, 6) is 1.64. The molecule has 546 valence electrons. The highest BCUT2D eigenvalue weighted by atomic mass is 32.2. The minimum atomic E-state index is -2.92. The van der Waals surface area contributed by atoms with Gasteiger partial charge in [-0.25, -0.2) is 54.4 Å². The monoisotopic (exact) mass is 1480 g/mol. The molecule has 6 heterocycles. The number of benzene rings is 9. The minimum Gasteiger partial charge on any atom is -0.352 e. The summed E-state index contributed by atoms with van der Waals surface area (Å²) in [5.41, 5.74) is 10.6. The minimum absolute atomic E-state index is 0.0300. The number of hydrogen-bond donors (Lipinski definition) is 5. The molecule has 0 radical (unpaired) electrons. The lowest BCUT2D eigenvalue weighted by molar-refractivity contribution is 0.0771. The third kappa shape index (κ3) is 16.6. The van der Waals surface area contributed by atoms with E-state index in [0.717, 1.165) is 104 Å². The highest BCUT2D eigenvalue weighted by Gasteiger charge is 2.42. The highest BCUT2D eigenvalue weighted by molar-refractivity contribution is 7.89. The zero-order valence-electron chi connectivity index (χ0n) is 60.3. The maximum Gasteiger partial charge on any atom is 0.264 e. The van der Waals surface area contributed by atoms with Crippen molar-refractivity contribution in [1.29, 1.82) is 0 Å². The van der Waals surface area contributed by atoms with Crippen LogP contribution in [-0.4, -0.2) is 148 Å². The number of nitrogens with zero attached hydrogens (tertiary/aromatic N) is 7. The van der Waals surface area contributed by atoms with Crippen molar-refractivity contribution in [2.24, 2.45) is 20.9 Å². The first-order chi connectivity index (χ1) is 50.1. The molecule has 9 aromatic carbocycles. The normalized spacial score (nSPS) is 13.6. The topological polar surface area (TPSA) is 315 Å². The van der Waals surface area contributed by atoms with Gasteiger partial charge in [0.25, 0.3) is 35.4 Å². The summed E-state index contributed by atoms with van der Waals surface area (Å²) in [6.07, 6.45) is 5.47. The number of amidine groups is 3. The molecule has 0 unspecified atom stereocenters. The van der Waals surface area contributed by atoms with E-state index in [1.807, 2.05) is 130 Å². The Hall–Kier alpha value is -10.7. The third-order valence-corrected chi connectivity index (χ3v) is 20.2. The number of carbonyl (C=O) groups is 6. The van der Waals surface area contributed by atoms with Crippen LogP contribution in [0.5, 0.6) is 0 Å². The Kier molecular flexibility index (Phi) is 23.9. The summed E-state index contributed by atoms with van der Waals surface area (Å²) in [6.45, 7) is 19.2. The Bertz CT molecular complexity index is 5330. The van der Waals surface area contributed by atoms with E-state index in [1.54, 1.807) is 95.0 Å². The van der Waals surface area contributed by atoms with Crippen molar-refractivity contribution in [3.05, 3.63) is 214 Å². The van der Waals surface area contributed by atoms with Crippen molar-refractivity contribution in [2.45, 2.75) is 68.2 Å². The summed E-state index contributed by atoms with van der Waals surface area (Å²) in [6, 6.07) is 51.3. The maximum absolute atomic E-state index is 13.2. The molecule has 105 heavy (non-hydrogen) atoms. The predicted octanol–water partition coefficient (Wildman–Crippen LogP) is 11.7. The van der Waals surface area contributed by atoms with E-state index in [4.69, 9.17) is 15.0 Å². The van der Waals surface area contributed by atoms with Crippen molar-refractivity contribution in [3.8, 4) is 0 Å². The summed E-state index contributed by atoms with van der Waals surface area (Å²) < 4.78 is 67.5. The van der Waals surface area contributed by atoms with Crippen LogP contribution in [0.1, 0.15) is 147 Å². The Morgan fingerprint density at radius 3 is 0.981 bits per heavy atom. The lowest BCUT2D eigenvalue weighted by Gasteiger charge is -2.24. The molecular formula is C78H84N12O12S3. The van der Waals surface area contributed by atoms with E-state index >= 15 is 0 Å². The van der Waals surface area contributed by atoms with E-state index < -0.39 is 30.1 Å². The summed E-state index contributed by atoms with van der Waals surface area (Å²) in [4.78, 5) is 98.2. The van der Waals surface area contributed by atoms with E-state index in [0.29, 0.717) is 114 Å². The number of aliphatic imine (C=N–C) groups is 3. The van der Waals surface area contributed by atoms with Gasteiger partial charge in [-0.2, -0.15) is 0 Å². The van der Waals surface area contributed by atoms with Gasteiger partial charge in [0.1, 0.15) is 17.5 Å². The SMILES string of the molecule is CCC(CC)CNC(=O)c1ccc2c(c1)C1=Nc3cccc4cccc(c34)N1C2=O.CCN(CC)C(=O)c1ccc2c(c1)C1=Nc3cccc4cccc(c34)N1C2=O.CCNC(=O)c1ccc2c(c1)C1=Nc3cccc4cccc(c34)N1C2=O.CCNS(C)(=O)=O.CCNS(C)(=O)=O.CCNS(C)(=O)=O. The predicted molar refractivity (Wildman–Crippen MR) is 417 cm³/mol. The van der Waals surface area contributed by atoms with Gasteiger partial charge in [-0.15, -0.1) is 0 Å². The highest BCUT2D eigenvalue weighted by Crippen LogP contribution is 2.46. The van der Waals surface area contributed by atoms with E-state index in [9.17, 15) is 54.0 Å². The van der Waals surface area contributed by atoms with Crippen LogP contribution >= 0.6 is 0 Å². The Morgan fingerprint density at radius 2 is 0.695 bits per heavy atom. The van der Waals surface area contributed by atoms with Gasteiger partial charge in [-0.3, -0.25) is 43.5 Å². The van der Waals surface area contributed by atoms with Gasteiger partial charge in [-0.05, 0) is 134 Å². The van der Waals surface area contributed by atoms with Gasteiger partial charge >= 0.3 is 0 Å². The second-order valence-electron chi connectivity index (χ2n) is 25.0. The Labute approximate surface area is 611 Å². The van der Waals surface area contributed by atoms with Crippen LogP contribution in [-0.2, 0) is 30.1 Å². The molecular weight excluding hydrogens is 1390 g/mol. The smallest absolute Gasteiger partial charge is 0.264 e. The first-order valence-electron chi connectivity index (χ1n) is 34.6. The van der Waals surface area contributed by atoms with Gasteiger partial charge < -0.3 is 15.5 Å². The largest absolute Gasteiger partial charge is 0.352 e. The van der Waals surface area contributed by atoms with Crippen LogP contribution in [0, 0.1) is 5.92 Å². The number of rotatable bonds is 16. The molecule has 0 fully saturated rings. The van der Waals surface area contributed by atoms with Gasteiger partial charge in [0.05, 0.1) is 69.6 Å². The lowest BCUT2D eigenvalue weighted by Crippen LogP contribution is -2.32. The fourth-order valence-electron chi connectivity index (χ4n) is 12.9. The quantitative estimate of drug-likeness (QED) is 0.0603. The second kappa shape index (κ2) is 32.5. The number of fused-ring (bicyclic) bond motifs is 12. The number of nitrogens with one attached hydrogen (secondary N) is 5. The van der Waals surface area contributed by atoms with Crippen LogP contribution in [0.4, 0.5) is 34.1 Å². The molecule has 5 N–H and O–H groups in total. The molecule has 6 amide bonds. The number of hydrogen-bond acceptors (Lipinski definition) is 15. The van der Waals surface area contributed by atoms with Crippen molar-refractivity contribution in [2.75, 3.05) is 79.3 Å². The van der Waals surface area contributed by atoms with E-state index in [1.165, 1.54) is 0 Å². The molecule has 0 aromatic heterocycles. The average molecular weight is 1480 g/mol. The molecule has 15 rings (SSSR count). The third-order valence-electron chi connectivity index (χ3n) is 17.8. The molecule has 24 nitrogen and oxygen atoms in total. The van der Waals surface area contributed by atoms with Crippen molar-refractivity contribution < 1.29 is 54.0 Å². The van der Waals surface area contributed by atoms with Gasteiger partial charge in [0, 0.05) is 95.4 Å². The van der Waals surface area contributed by atoms with Crippen molar-refractivity contribution in [1.82, 2.24) is 29.7 Å². The van der Waals surface area contributed by atoms with Crippen LogP contribution in [0.2, 0.25) is 0 Å². The fourth-order valence-corrected chi connectivity index (χ4v) is 14.5. The van der Waals surface area contributed by atoms with Gasteiger partial charge in [0.15, 0.2) is 0 Å². The summed E-state index contributed by atoms with van der Waals surface area (Å²) in [5, 5.41) is 11.9. The van der Waals surface area contributed by atoms with E-state index in [-0.39, 0.29) is 35.4 Å². The van der Waals surface area contributed by atoms with Gasteiger partial charge in [0.2, 0.25) is 30.1 Å². The van der Waals surface area contributed by atoms with Crippen molar-refractivity contribution in [3.63, 3.8) is 0 Å². The number of sulfonamides is 3. The molecule has 0 spiro atoms. The van der Waals surface area contributed by atoms with Crippen LogP contribution in [0.25, 0.3) is 32.3 Å². The molecule has 6 aliphatic rings. The molecule has 0 saturated heterocycles. The first kappa shape index (κ1) is 76.9. The molecule has 27 heteroatoms. The second-order valence-corrected chi connectivity index (χ2v) is 30.5. The average Bonchev–Trinajstić information content (AvgIpc) is 1.61. The maximum atomic E-state index is 13.2. The van der Waals surface area contributed by atoms with Crippen LogP contribution < -0.4 is 39.5 Å². The molecule has 9 aromatic rings. The molecule has 0 aliphatic carbocycles. The summed E-state index contributed by atoms with van der Waals surface area (Å²) in [7, 11) is -8.77. The van der Waals surface area contributed by atoms with Crippen molar-refractivity contribution >= 4 is 149 Å². The standard InChI is InChI=1S/C25H23N3O2.C23H19N3O2.C21H15N3O2.3C3H9NO2S/c1-3-15(4-2)14-26-24(29)17-11-12-18-19(13-17)23-27-20-9-5-7-16-8-6-10-21(22(16)20)28(23)25(18)30;1-3-25(4-2)22(27)15-11-12-16-17(13-15)21-24-18-9-5-7-14-8-6-10-19(20(14)18)26(21)23(16)28;1-2-22-20(25)13-9-10-14-15(11-13)19-23-16-7-3-5-12-6-4-8-17(18(12)16)24(19)21(14)26;3*1-3-4-7(2,5)6/h5-13,15H,3-4,14H2,1-2H3,(H,26,29);5-13H,3-4H2,1-2H3;3-11H,2H2,1H3,(H,22,25);3*4H,3H2,1-2H3. The number of carbonyl (C=O) groups excluding carboxylic acids is 6. The number of amides is 6. The Morgan fingerprint density at radius 1 is 0.390 bits per heavy atom. The zero-order valence-corrected chi connectivity index (χ0v) is 62.7. The number of anilines is 3. The van der Waals surface area contributed by atoms with Crippen LogP contribution in [0.3, 0.4) is 0 Å². The van der Waals surface area contributed by atoms with E-state index in [2.05, 4.69) is 38.6 Å². The fraction of sp³-hybridized carbons (Fsp3) is 0.269. The molecule has 0 atom stereocenters. The molecule has 0 bridgehead atoms. The van der Waals surface area contributed by atoms with Gasteiger partial charge in [-0.1, -0.05) is 120 Å². The van der Waals surface area contributed by atoms with Crippen LogP contribution in [0.15, 0.2) is 179 Å².